The van der Waals surface area contributed by atoms with Gasteiger partial charge in [-0.15, -0.1) is 0 Å². The van der Waals surface area contributed by atoms with Crippen LogP contribution in [0.3, 0.4) is 0 Å². The second-order valence-electron chi connectivity index (χ2n) is 5.03. The maximum Gasteiger partial charge on any atom is 0.389 e. The molecule has 0 spiro atoms. The summed E-state index contributed by atoms with van der Waals surface area (Å²) in [5, 5.41) is 3.17. The molecule has 0 bridgehead atoms. The molecule has 1 aromatic carbocycles. The number of hydrogen-bond acceptors (Lipinski definition) is 3. The van der Waals surface area contributed by atoms with Gasteiger partial charge in [-0.05, 0) is 25.5 Å². The first-order valence-electron chi connectivity index (χ1n) is 7.20. The van der Waals surface area contributed by atoms with Crippen LogP contribution in [0.2, 0.25) is 0 Å². The van der Waals surface area contributed by atoms with Crippen LogP contribution < -0.4 is 14.8 Å². The molecule has 2 rings (SSSR count). The first-order valence-corrected chi connectivity index (χ1v) is 7.20. The van der Waals surface area contributed by atoms with Crippen LogP contribution >= 0.6 is 0 Å². The van der Waals surface area contributed by atoms with Crippen LogP contribution in [0.4, 0.5) is 13.2 Å². The molecule has 1 aliphatic heterocycles. The van der Waals surface area contributed by atoms with Crippen molar-refractivity contribution in [2.45, 2.75) is 38.4 Å². The number of alkyl halides is 3. The SMILES string of the molecule is CCCNC(CCC(F)(F)F)c1cccc2c1OCCO2. The molecule has 0 radical (unpaired) electrons. The molecule has 1 aliphatic rings. The minimum absolute atomic E-state index is 0.0106. The van der Waals surface area contributed by atoms with Crippen LogP contribution in [0, 0.1) is 0 Å². The van der Waals surface area contributed by atoms with Crippen molar-refractivity contribution in [3.8, 4) is 11.5 Å². The second-order valence-corrected chi connectivity index (χ2v) is 5.03. The summed E-state index contributed by atoms with van der Waals surface area (Å²) in [6.45, 7) is 3.52. The van der Waals surface area contributed by atoms with Gasteiger partial charge in [0.05, 0.1) is 0 Å². The zero-order chi connectivity index (χ0) is 15.3. The zero-order valence-electron chi connectivity index (χ0n) is 12.0. The third kappa shape index (κ3) is 4.52. The Balaban J connectivity index is 2.19. The molecule has 1 aromatic rings. The number of halogens is 3. The van der Waals surface area contributed by atoms with Crippen LogP contribution in [-0.4, -0.2) is 25.9 Å². The van der Waals surface area contributed by atoms with E-state index in [9.17, 15) is 13.2 Å². The van der Waals surface area contributed by atoms with E-state index in [4.69, 9.17) is 9.47 Å². The third-order valence-electron chi connectivity index (χ3n) is 3.33. The standard InChI is InChI=1S/C15H20F3NO2/c1-2-8-19-12(6-7-15(16,17)18)11-4-3-5-13-14(11)21-10-9-20-13/h3-5,12,19H,2,6-10H2,1H3. The highest BCUT2D eigenvalue weighted by atomic mass is 19.4. The molecule has 0 aliphatic carbocycles. The topological polar surface area (TPSA) is 30.5 Å². The van der Waals surface area contributed by atoms with Crippen molar-refractivity contribution in [3.63, 3.8) is 0 Å². The molecule has 0 saturated carbocycles. The Kier molecular flexibility index (Phi) is 5.33. The maximum absolute atomic E-state index is 12.5. The van der Waals surface area contributed by atoms with Gasteiger partial charge in [-0.1, -0.05) is 19.1 Å². The van der Waals surface area contributed by atoms with Gasteiger partial charge in [0.25, 0.3) is 0 Å². The highest BCUT2D eigenvalue weighted by Crippen LogP contribution is 2.39. The average molecular weight is 303 g/mol. The Labute approximate surface area is 122 Å². The van der Waals surface area contributed by atoms with Gasteiger partial charge in [0.15, 0.2) is 11.5 Å². The average Bonchev–Trinajstić information content (AvgIpc) is 2.46. The summed E-state index contributed by atoms with van der Waals surface area (Å²) in [6.07, 6.45) is -4.13. The van der Waals surface area contributed by atoms with E-state index < -0.39 is 12.6 Å². The molecule has 1 heterocycles. The number of para-hydroxylation sites is 1. The minimum atomic E-state index is -4.15. The molecule has 1 N–H and O–H groups in total. The van der Waals surface area contributed by atoms with Gasteiger partial charge in [0, 0.05) is 18.0 Å². The molecule has 21 heavy (non-hydrogen) atoms. The lowest BCUT2D eigenvalue weighted by Crippen LogP contribution is -2.26. The van der Waals surface area contributed by atoms with E-state index in [1.807, 2.05) is 6.92 Å². The summed E-state index contributed by atoms with van der Waals surface area (Å²) in [7, 11) is 0. The van der Waals surface area contributed by atoms with Gasteiger partial charge in [-0.25, -0.2) is 0 Å². The van der Waals surface area contributed by atoms with Crippen LogP contribution in [0.25, 0.3) is 0 Å². The minimum Gasteiger partial charge on any atom is -0.486 e. The third-order valence-corrected chi connectivity index (χ3v) is 3.33. The van der Waals surface area contributed by atoms with Gasteiger partial charge < -0.3 is 14.8 Å². The number of rotatable bonds is 6. The van der Waals surface area contributed by atoms with Gasteiger partial charge in [0.2, 0.25) is 0 Å². The van der Waals surface area contributed by atoms with Gasteiger partial charge in [-0.2, -0.15) is 13.2 Å². The molecule has 0 amide bonds. The van der Waals surface area contributed by atoms with Crippen LogP contribution in [0.5, 0.6) is 11.5 Å². The summed E-state index contributed by atoms with van der Waals surface area (Å²) < 4.78 is 48.6. The summed E-state index contributed by atoms with van der Waals surface area (Å²) in [5.74, 6) is 1.17. The first kappa shape index (κ1) is 15.9. The zero-order valence-corrected chi connectivity index (χ0v) is 12.0. The smallest absolute Gasteiger partial charge is 0.389 e. The van der Waals surface area contributed by atoms with Crippen molar-refractivity contribution >= 4 is 0 Å². The van der Waals surface area contributed by atoms with Crippen LogP contribution in [0.15, 0.2) is 18.2 Å². The molecule has 118 valence electrons. The monoisotopic (exact) mass is 303 g/mol. The summed E-state index contributed by atoms with van der Waals surface area (Å²) >= 11 is 0. The normalized spacial score (nSPS) is 15.8. The molecule has 0 saturated heterocycles. The number of benzene rings is 1. The molecule has 0 aromatic heterocycles. The first-order chi connectivity index (χ1) is 10.0. The van der Waals surface area contributed by atoms with E-state index in [2.05, 4.69) is 5.32 Å². The van der Waals surface area contributed by atoms with Crippen molar-refractivity contribution < 1.29 is 22.6 Å². The second kappa shape index (κ2) is 7.02. The Bertz CT molecular complexity index is 463. The van der Waals surface area contributed by atoms with Crippen molar-refractivity contribution in [2.24, 2.45) is 0 Å². The lowest BCUT2D eigenvalue weighted by Gasteiger charge is -2.26. The predicted octanol–water partition coefficient (Wildman–Crippen LogP) is 3.84. The largest absolute Gasteiger partial charge is 0.486 e. The van der Waals surface area contributed by atoms with Crippen LogP contribution in [-0.2, 0) is 0 Å². The Hall–Kier alpha value is -1.43. The van der Waals surface area contributed by atoms with E-state index in [1.54, 1.807) is 18.2 Å². The van der Waals surface area contributed by atoms with Crippen molar-refractivity contribution in [3.05, 3.63) is 23.8 Å². The Morgan fingerprint density at radius 2 is 2.00 bits per heavy atom. The van der Waals surface area contributed by atoms with Crippen LogP contribution in [0.1, 0.15) is 37.8 Å². The summed E-state index contributed by atoms with van der Waals surface area (Å²) in [4.78, 5) is 0. The lowest BCUT2D eigenvalue weighted by molar-refractivity contribution is -0.136. The fraction of sp³-hybridized carbons (Fsp3) is 0.600. The van der Waals surface area contributed by atoms with Crippen molar-refractivity contribution in [1.82, 2.24) is 5.32 Å². The van der Waals surface area contributed by atoms with Gasteiger partial charge in [0.1, 0.15) is 13.2 Å². The number of nitrogens with one attached hydrogen (secondary N) is 1. The fourth-order valence-corrected chi connectivity index (χ4v) is 2.36. The summed E-state index contributed by atoms with van der Waals surface area (Å²) in [5.41, 5.74) is 0.741. The number of hydrogen-bond donors (Lipinski definition) is 1. The van der Waals surface area contributed by atoms with Crippen molar-refractivity contribution in [2.75, 3.05) is 19.8 Å². The van der Waals surface area contributed by atoms with Gasteiger partial charge >= 0.3 is 6.18 Å². The molecule has 6 heteroatoms. The fourth-order valence-electron chi connectivity index (χ4n) is 2.36. The molecular formula is C15H20F3NO2. The van der Waals surface area contributed by atoms with E-state index >= 15 is 0 Å². The number of fused-ring (bicyclic) bond motifs is 1. The number of ether oxygens (including phenoxy) is 2. The maximum atomic E-state index is 12.5. The highest BCUT2D eigenvalue weighted by molar-refractivity contribution is 5.48. The Morgan fingerprint density at radius 1 is 1.24 bits per heavy atom. The van der Waals surface area contributed by atoms with E-state index in [-0.39, 0.29) is 12.5 Å². The predicted molar refractivity (Wildman–Crippen MR) is 73.8 cm³/mol. The lowest BCUT2D eigenvalue weighted by atomic mass is 9.99. The molecule has 1 atom stereocenters. The quantitative estimate of drug-likeness (QED) is 0.866. The summed E-state index contributed by atoms with van der Waals surface area (Å²) in [6, 6.07) is 4.98. The van der Waals surface area contributed by atoms with Gasteiger partial charge in [-0.3, -0.25) is 0 Å². The van der Waals surface area contributed by atoms with E-state index in [1.165, 1.54) is 0 Å². The molecule has 3 nitrogen and oxygen atoms in total. The van der Waals surface area contributed by atoms with Crippen molar-refractivity contribution in [1.29, 1.82) is 0 Å². The molecule has 1 unspecified atom stereocenters. The van der Waals surface area contributed by atoms with E-state index in [0.717, 1.165) is 12.0 Å². The molecule has 0 fully saturated rings. The van der Waals surface area contributed by atoms with E-state index in [0.29, 0.717) is 31.3 Å². The molecular weight excluding hydrogens is 283 g/mol. The Morgan fingerprint density at radius 3 is 2.71 bits per heavy atom. The highest BCUT2D eigenvalue weighted by Gasteiger charge is 2.30.